The number of aliphatic hydroxyl groups excluding tert-OH is 1. The highest BCUT2D eigenvalue weighted by atomic mass is 16.5. The van der Waals surface area contributed by atoms with Crippen molar-refractivity contribution in [1.29, 1.82) is 0 Å². The smallest absolute Gasteiger partial charge is 0.119 e. The van der Waals surface area contributed by atoms with E-state index in [9.17, 15) is 5.11 Å². The Labute approximate surface area is 90.9 Å². The zero-order chi connectivity index (χ0) is 11.5. The highest BCUT2D eigenvalue weighted by molar-refractivity contribution is 5.04. The van der Waals surface area contributed by atoms with Crippen LogP contribution in [0.2, 0.25) is 0 Å². The lowest BCUT2D eigenvalue weighted by molar-refractivity contribution is -0.0517. The number of rotatable bonds is 4. The molecule has 1 aromatic heterocycles. The predicted molar refractivity (Wildman–Crippen MR) is 58.6 cm³/mol. The topological polar surface area (TPSA) is 47.3 Å². The second kappa shape index (κ2) is 4.77. The molecule has 0 bridgehead atoms. The molecule has 0 spiro atoms. The molecule has 0 aliphatic carbocycles. The van der Waals surface area contributed by atoms with Crippen molar-refractivity contribution in [3.05, 3.63) is 18.0 Å². The van der Waals surface area contributed by atoms with E-state index in [-0.39, 0.29) is 5.60 Å². The average molecular weight is 212 g/mol. The fourth-order valence-corrected chi connectivity index (χ4v) is 1.30. The lowest BCUT2D eigenvalue weighted by Crippen LogP contribution is -2.23. The van der Waals surface area contributed by atoms with Crippen molar-refractivity contribution >= 4 is 0 Å². The van der Waals surface area contributed by atoms with Gasteiger partial charge in [-0.2, -0.15) is 5.10 Å². The number of hydrogen-bond donors (Lipinski definition) is 1. The van der Waals surface area contributed by atoms with Gasteiger partial charge in [0.1, 0.15) is 6.10 Å². The van der Waals surface area contributed by atoms with Crippen LogP contribution < -0.4 is 0 Å². The third kappa shape index (κ3) is 3.64. The van der Waals surface area contributed by atoms with E-state index in [1.165, 1.54) is 0 Å². The van der Waals surface area contributed by atoms with Gasteiger partial charge in [-0.05, 0) is 33.8 Å². The first kappa shape index (κ1) is 12.2. The van der Waals surface area contributed by atoms with Crippen molar-refractivity contribution in [3.63, 3.8) is 0 Å². The van der Waals surface area contributed by atoms with Crippen molar-refractivity contribution in [1.82, 2.24) is 9.78 Å². The van der Waals surface area contributed by atoms with Crippen LogP contribution in [0.3, 0.4) is 0 Å². The van der Waals surface area contributed by atoms with Crippen LogP contribution in [0.4, 0.5) is 0 Å². The molecule has 0 radical (unpaired) electrons. The third-order valence-electron chi connectivity index (χ3n) is 2.06. The van der Waals surface area contributed by atoms with Crippen LogP contribution in [-0.2, 0) is 11.3 Å². The van der Waals surface area contributed by atoms with E-state index in [2.05, 4.69) is 5.10 Å². The summed E-state index contributed by atoms with van der Waals surface area (Å²) in [5.41, 5.74) is 0.583. The maximum absolute atomic E-state index is 9.90. The Kier molecular flexibility index (Phi) is 3.88. The minimum absolute atomic E-state index is 0.224. The Morgan fingerprint density at radius 2 is 2.20 bits per heavy atom. The van der Waals surface area contributed by atoms with E-state index in [1.54, 1.807) is 10.9 Å². The summed E-state index contributed by atoms with van der Waals surface area (Å²) in [4.78, 5) is 0. The summed E-state index contributed by atoms with van der Waals surface area (Å²) in [5, 5.41) is 14.0. The van der Waals surface area contributed by atoms with E-state index in [4.69, 9.17) is 4.74 Å². The molecule has 0 aromatic carbocycles. The van der Waals surface area contributed by atoms with Crippen molar-refractivity contribution in [2.24, 2.45) is 0 Å². The van der Waals surface area contributed by atoms with Crippen molar-refractivity contribution in [2.75, 3.05) is 6.61 Å². The molecular formula is C11H20N2O2. The highest BCUT2D eigenvalue weighted by Crippen LogP contribution is 2.16. The molecule has 1 aromatic rings. The Morgan fingerprint density at radius 3 is 2.73 bits per heavy atom. The molecule has 0 amide bonds. The van der Waals surface area contributed by atoms with Crippen LogP contribution in [-0.4, -0.2) is 27.1 Å². The second-order valence-corrected chi connectivity index (χ2v) is 4.51. The summed E-state index contributed by atoms with van der Waals surface area (Å²) < 4.78 is 7.30. The van der Waals surface area contributed by atoms with Gasteiger partial charge in [-0.15, -0.1) is 0 Å². The van der Waals surface area contributed by atoms with E-state index >= 15 is 0 Å². The largest absolute Gasteiger partial charge is 0.384 e. The van der Waals surface area contributed by atoms with E-state index in [1.807, 2.05) is 33.8 Å². The number of aromatic nitrogens is 2. The van der Waals surface area contributed by atoms with E-state index < -0.39 is 6.10 Å². The molecule has 0 aliphatic heterocycles. The Morgan fingerprint density at radius 1 is 1.53 bits per heavy atom. The average Bonchev–Trinajstić information content (AvgIpc) is 2.60. The fraction of sp³-hybridized carbons (Fsp3) is 0.727. The van der Waals surface area contributed by atoms with Crippen LogP contribution >= 0.6 is 0 Å². The first-order valence-corrected chi connectivity index (χ1v) is 5.28. The van der Waals surface area contributed by atoms with Gasteiger partial charge in [0.15, 0.2) is 0 Å². The van der Waals surface area contributed by atoms with Gasteiger partial charge in [-0.1, -0.05) is 0 Å². The van der Waals surface area contributed by atoms with Crippen LogP contribution in [0.25, 0.3) is 0 Å². The van der Waals surface area contributed by atoms with Gasteiger partial charge >= 0.3 is 0 Å². The summed E-state index contributed by atoms with van der Waals surface area (Å²) in [6, 6.07) is 1.82. The van der Waals surface area contributed by atoms with Gasteiger partial charge in [0.25, 0.3) is 0 Å². The summed E-state index contributed by atoms with van der Waals surface area (Å²) in [6.07, 6.45) is 1.09. The third-order valence-corrected chi connectivity index (χ3v) is 2.06. The van der Waals surface area contributed by atoms with Crippen molar-refractivity contribution in [2.45, 2.75) is 45.9 Å². The predicted octanol–water partition coefficient (Wildman–Crippen LogP) is 1.75. The number of aryl methyl sites for hydroxylation is 1. The van der Waals surface area contributed by atoms with Crippen LogP contribution in [0.1, 0.15) is 39.5 Å². The lowest BCUT2D eigenvalue weighted by atomic mass is 10.2. The van der Waals surface area contributed by atoms with Gasteiger partial charge in [-0.3, -0.25) is 4.68 Å². The van der Waals surface area contributed by atoms with Crippen LogP contribution in [0.15, 0.2) is 12.3 Å². The standard InChI is InChI=1S/C11H20N2O2/c1-5-13-9(6-7-12-13)10(14)8-15-11(2,3)4/h6-7,10,14H,5,8H2,1-4H3. The molecule has 0 fully saturated rings. The summed E-state index contributed by atoms with van der Waals surface area (Å²) in [6.45, 7) is 8.96. The normalized spacial score (nSPS) is 14.2. The summed E-state index contributed by atoms with van der Waals surface area (Å²) >= 11 is 0. The zero-order valence-electron chi connectivity index (χ0n) is 9.90. The molecule has 1 rings (SSSR count). The second-order valence-electron chi connectivity index (χ2n) is 4.51. The van der Waals surface area contributed by atoms with E-state index in [0.717, 1.165) is 12.2 Å². The molecule has 0 saturated heterocycles. The minimum atomic E-state index is -0.605. The van der Waals surface area contributed by atoms with Crippen molar-refractivity contribution in [3.8, 4) is 0 Å². The first-order chi connectivity index (χ1) is 6.94. The molecule has 1 atom stereocenters. The SMILES string of the molecule is CCn1nccc1C(O)COC(C)(C)C. The number of nitrogens with zero attached hydrogens (tertiary/aromatic N) is 2. The summed E-state index contributed by atoms with van der Waals surface area (Å²) in [7, 11) is 0. The van der Waals surface area contributed by atoms with Crippen molar-refractivity contribution < 1.29 is 9.84 Å². The van der Waals surface area contributed by atoms with Gasteiger partial charge in [-0.25, -0.2) is 0 Å². The van der Waals surface area contributed by atoms with Crippen LogP contribution in [0.5, 0.6) is 0 Å². The van der Waals surface area contributed by atoms with Crippen LogP contribution in [0, 0.1) is 0 Å². The quantitative estimate of drug-likeness (QED) is 0.827. The van der Waals surface area contributed by atoms with E-state index in [0.29, 0.717) is 6.61 Å². The maximum atomic E-state index is 9.90. The molecule has 15 heavy (non-hydrogen) atoms. The fourth-order valence-electron chi connectivity index (χ4n) is 1.30. The molecule has 4 nitrogen and oxygen atoms in total. The number of ether oxygens (including phenoxy) is 1. The Bertz CT molecular complexity index is 302. The molecule has 1 heterocycles. The Balaban J connectivity index is 2.57. The number of hydrogen-bond acceptors (Lipinski definition) is 3. The molecule has 0 aliphatic rings. The Hall–Kier alpha value is -0.870. The van der Waals surface area contributed by atoms with Gasteiger partial charge in [0, 0.05) is 12.7 Å². The minimum Gasteiger partial charge on any atom is -0.384 e. The van der Waals surface area contributed by atoms with Gasteiger partial charge < -0.3 is 9.84 Å². The molecular weight excluding hydrogens is 192 g/mol. The molecule has 1 N–H and O–H groups in total. The highest BCUT2D eigenvalue weighted by Gasteiger charge is 2.17. The number of aliphatic hydroxyl groups is 1. The molecule has 0 saturated carbocycles. The molecule has 1 unspecified atom stereocenters. The molecule has 86 valence electrons. The molecule has 4 heteroatoms. The lowest BCUT2D eigenvalue weighted by Gasteiger charge is -2.22. The summed E-state index contributed by atoms with van der Waals surface area (Å²) in [5.74, 6) is 0. The first-order valence-electron chi connectivity index (χ1n) is 5.28. The van der Waals surface area contributed by atoms with Gasteiger partial charge in [0.05, 0.1) is 17.9 Å². The monoisotopic (exact) mass is 212 g/mol. The zero-order valence-corrected chi connectivity index (χ0v) is 9.90. The van der Waals surface area contributed by atoms with Gasteiger partial charge in [0.2, 0.25) is 0 Å². The maximum Gasteiger partial charge on any atom is 0.119 e.